The highest BCUT2D eigenvalue weighted by atomic mass is 16.5. The zero-order valence-corrected chi connectivity index (χ0v) is 11.0. The molecule has 1 aromatic carbocycles. The number of aromatic hydroxyl groups is 1. The Morgan fingerprint density at radius 1 is 1.30 bits per heavy atom. The molecule has 0 radical (unpaired) electrons. The topological polar surface area (TPSA) is 83.5 Å². The zero-order chi connectivity index (χ0) is 14.4. The van der Waals surface area contributed by atoms with Gasteiger partial charge in [0, 0.05) is 24.6 Å². The SMILES string of the molecule is COc1cc(CNC(=O)Nc2ccncc2)ccc1O. The Labute approximate surface area is 116 Å². The number of anilines is 1. The average molecular weight is 273 g/mol. The van der Waals surface area contributed by atoms with Crippen molar-refractivity contribution in [3.63, 3.8) is 0 Å². The summed E-state index contributed by atoms with van der Waals surface area (Å²) in [4.78, 5) is 15.5. The van der Waals surface area contributed by atoms with Crippen molar-refractivity contribution in [3.8, 4) is 11.5 Å². The molecule has 0 saturated heterocycles. The molecule has 6 heteroatoms. The second-order valence-electron chi connectivity index (χ2n) is 4.05. The summed E-state index contributed by atoms with van der Waals surface area (Å²) in [6.45, 7) is 0.327. The fourth-order valence-corrected chi connectivity index (χ4v) is 1.62. The number of methoxy groups -OCH3 is 1. The number of pyridine rings is 1. The molecule has 20 heavy (non-hydrogen) atoms. The first-order chi connectivity index (χ1) is 9.69. The Morgan fingerprint density at radius 3 is 2.75 bits per heavy atom. The van der Waals surface area contributed by atoms with E-state index in [0.29, 0.717) is 18.0 Å². The van der Waals surface area contributed by atoms with Gasteiger partial charge in [-0.05, 0) is 29.8 Å². The monoisotopic (exact) mass is 273 g/mol. The van der Waals surface area contributed by atoms with Crippen molar-refractivity contribution in [1.29, 1.82) is 0 Å². The van der Waals surface area contributed by atoms with E-state index in [0.717, 1.165) is 5.56 Å². The summed E-state index contributed by atoms with van der Waals surface area (Å²) < 4.78 is 5.00. The molecule has 0 aliphatic heterocycles. The third kappa shape index (κ3) is 3.61. The third-order valence-corrected chi connectivity index (χ3v) is 2.64. The molecular weight excluding hydrogens is 258 g/mol. The van der Waals surface area contributed by atoms with Gasteiger partial charge in [-0.25, -0.2) is 4.79 Å². The fourth-order valence-electron chi connectivity index (χ4n) is 1.62. The van der Waals surface area contributed by atoms with Crippen LogP contribution in [0, 0.1) is 0 Å². The summed E-state index contributed by atoms with van der Waals surface area (Å²) in [5, 5.41) is 14.9. The Balaban J connectivity index is 1.90. The van der Waals surface area contributed by atoms with Crippen molar-refractivity contribution in [2.24, 2.45) is 0 Å². The van der Waals surface area contributed by atoms with Crippen LogP contribution in [0.4, 0.5) is 10.5 Å². The van der Waals surface area contributed by atoms with Gasteiger partial charge in [0.1, 0.15) is 0 Å². The molecule has 0 fully saturated rings. The smallest absolute Gasteiger partial charge is 0.319 e. The first-order valence-corrected chi connectivity index (χ1v) is 6.00. The van der Waals surface area contributed by atoms with Crippen LogP contribution < -0.4 is 15.4 Å². The molecule has 0 atom stereocenters. The molecule has 0 aliphatic carbocycles. The lowest BCUT2D eigenvalue weighted by Gasteiger charge is -2.09. The number of ether oxygens (including phenoxy) is 1. The highest BCUT2D eigenvalue weighted by molar-refractivity contribution is 5.89. The molecule has 1 aromatic heterocycles. The van der Waals surface area contributed by atoms with Crippen LogP contribution in [0.2, 0.25) is 0 Å². The lowest BCUT2D eigenvalue weighted by Crippen LogP contribution is -2.28. The van der Waals surface area contributed by atoms with Crippen LogP contribution in [0.1, 0.15) is 5.56 Å². The molecule has 3 N–H and O–H groups in total. The highest BCUT2D eigenvalue weighted by Crippen LogP contribution is 2.26. The number of carbonyl (C=O) groups is 1. The first-order valence-electron chi connectivity index (χ1n) is 6.00. The number of nitrogens with one attached hydrogen (secondary N) is 2. The Morgan fingerprint density at radius 2 is 2.05 bits per heavy atom. The van der Waals surface area contributed by atoms with Crippen LogP contribution in [-0.2, 0) is 6.54 Å². The van der Waals surface area contributed by atoms with Gasteiger partial charge in [-0.2, -0.15) is 0 Å². The van der Waals surface area contributed by atoms with E-state index in [9.17, 15) is 9.90 Å². The Hall–Kier alpha value is -2.76. The van der Waals surface area contributed by atoms with Crippen molar-refractivity contribution in [2.75, 3.05) is 12.4 Å². The molecule has 6 nitrogen and oxygen atoms in total. The van der Waals surface area contributed by atoms with E-state index in [4.69, 9.17) is 4.74 Å². The quantitative estimate of drug-likeness (QED) is 0.796. The van der Waals surface area contributed by atoms with Gasteiger partial charge in [0.15, 0.2) is 11.5 Å². The van der Waals surface area contributed by atoms with Gasteiger partial charge in [0.25, 0.3) is 0 Å². The summed E-state index contributed by atoms with van der Waals surface area (Å²) in [7, 11) is 1.47. The number of nitrogens with zero attached hydrogens (tertiary/aromatic N) is 1. The van der Waals surface area contributed by atoms with Crippen molar-refractivity contribution in [1.82, 2.24) is 10.3 Å². The van der Waals surface area contributed by atoms with Crippen molar-refractivity contribution >= 4 is 11.7 Å². The fraction of sp³-hybridized carbons (Fsp3) is 0.143. The standard InChI is InChI=1S/C14H15N3O3/c1-20-13-8-10(2-3-12(13)18)9-16-14(19)17-11-4-6-15-7-5-11/h2-8,18H,9H2,1H3,(H2,15,16,17,19). The van der Waals surface area contributed by atoms with Crippen LogP contribution >= 0.6 is 0 Å². The lowest BCUT2D eigenvalue weighted by atomic mass is 10.2. The Kier molecular flexibility index (Phi) is 4.39. The lowest BCUT2D eigenvalue weighted by molar-refractivity contribution is 0.251. The minimum Gasteiger partial charge on any atom is -0.504 e. The third-order valence-electron chi connectivity index (χ3n) is 2.64. The maximum Gasteiger partial charge on any atom is 0.319 e. The molecule has 0 unspecified atom stereocenters. The van der Waals surface area contributed by atoms with Gasteiger partial charge in [-0.3, -0.25) is 4.98 Å². The van der Waals surface area contributed by atoms with Crippen LogP contribution in [0.5, 0.6) is 11.5 Å². The van der Waals surface area contributed by atoms with Crippen molar-refractivity contribution in [3.05, 3.63) is 48.3 Å². The summed E-state index contributed by atoms with van der Waals surface area (Å²) in [6, 6.07) is 7.98. The van der Waals surface area contributed by atoms with E-state index < -0.39 is 0 Å². The summed E-state index contributed by atoms with van der Waals surface area (Å²) >= 11 is 0. The molecule has 2 aromatic rings. The normalized spacial score (nSPS) is 9.85. The number of amides is 2. The number of aromatic nitrogens is 1. The maximum absolute atomic E-state index is 11.7. The minimum atomic E-state index is -0.316. The number of rotatable bonds is 4. The van der Waals surface area contributed by atoms with Gasteiger partial charge < -0.3 is 20.5 Å². The van der Waals surface area contributed by atoms with Gasteiger partial charge in [0.2, 0.25) is 0 Å². The number of phenolic OH excluding ortho intramolecular Hbond substituents is 1. The number of urea groups is 1. The molecule has 1 heterocycles. The van der Waals surface area contributed by atoms with Gasteiger partial charge >= 0.3 is 6.03 Å². The van der Waals surface area contributed by atoms with Crippen molar-refractivity contribution < 1.29 is 14.6 Å². The number of benzene rings is 1. The van der Waals surface area contributed by atoms with Crippen LogP contribution in [-0.4, -0.2) is 23.2 Å². The number of carbonyl (C=O) groups excluding carboxylic acids is 1. The number of hydrogen-bond acceptors (Lipinski definition) is 4. The summed E-state index contributed by atoms with van der Waals surface area (Å²) in [6.07, 6.45) is 3.20. The van der Waals surface area contributed by atoms with Crippen LogP contribution in [0.25, 0.3) is 0 Å². The van der Waals surface area contributed by atoms with Gasteiger partial charge in [0.05, 0.1) is 7.11 Å². The molecule has 0 aliphatic rings. The minimum absolute atomic E-state index is 0.0671. The predicted molar refractivity (Wildman–Crippen MR) is 74.8 cm³/mol. The molecule has 2 amide bonds. The highest BCUT2D eigenvalue weighted by Gasteiger charge is 2.05. The number of hydrogen-bond donors (Lipinski definition) is 3. The van der Waals surface area contributed by atoms with E-state index in [1.165, 1.54) is 13.2 Å². The second-order valence-corrected chi connectivity index (χ2v) is 4.05. The predicted octanol–water partition coefficient (Wildman–Crippen LogP) is 2.12. The van der Waals surface area contributed by atoms with Crippen molar-refractivity contribution in [2.45, 2.75) is 6.54 Å². The first kappa shape index (κ1) is 13.7. The van der Waals surface area contributed by atoms with E-state index in [1.807, 2.05) is 0 Å². The largest absolute Gasteiger partial charge is 0.504 e. The zero-order valence-electron chi connectivity index (χ0n) is 11.0. The van der Waals surface area contributed by atoms with E-state index in [-0.39, 0.29) is 11.8 Å². The molecule has 0 saturated carbocycles. The summed E-state index contributed by atoms with van der Waals surface area (Å²) in [5.74, 6) is 0.441. The number of phenols is 1. The van der Waals surface area contributed by atoms with E-state index in [2.05, 4.69) is 15.6 Å². The second kappa shape index (κ2) is 6.42. The van der Waals surface area contributed by atoms with Crippen LogP contribution in [0.3, 0.4) is 0 Å². The van der Waals surface area contributed by atoms with E-state index in [1.54, 1.807) is 36.7 Å². The molecule has 104 valence electrons. The average Bonchev–Trinajstić information content (AvgIpc) is 2.47. The molecule has 0 spiro atoms. The van der Waals surface area contributed by atoms with Crippen LogP contribution in [0.15, 0.2) is 42.7 Å². The van der Waals surface area contributed by atoms with Gasteiger partial charge in [-0.1, -0.05) is 6.07 Å². The molecular formula is C14H15N3O3. The molecule has 0 bridgehead atoms. The van der Waals surface area contributed by atoms with E-state index >= 15 is 0 Å². The van der Waals surface area contributed by atoms with Gasteiger partial charge in [-0.15, -0.1) is 0 Å². The summed E-state index contributed by atoms with van der Waals surface area (Å²) in [5.41, 5.74) is 1.49. The maximum atomic E-state index is 11.7. The molecule has 2 rings (SSSR count). The Bertz CT molecular complexity index is 587.